The molecule has 0 fully saturated rings. The maximum absolute atomic E-state index is 13.6. The molecule has 0 spiro atoms. The number of nitrogens with zero attached hydrogens (tertiary/aromatic N) is 3. The standard InChI is InChI=1S/C27H35N3O2/c1-7-21-12-14-22(15-13-21)30-26(28-24-11-9-8-10-23(24)27(30)32)20(6)29(17-19(4)5)25(31)16-18(2)3/h8-15,18-20H,7,16-17H2,1-6H3. The summed E-state index contributed by atoms with van der Waals surface area (Å²) in [6, 6.07) is 15.1. The molecule has 0 radical (unpaired) electrons. The van der Waals surface area contributed by atoms with Crippen LogP contribution in [0.3, 0.4) is 0 Å². The maximum Gasteiger partial charge on any atom is 0.266 e. The molecule has 1 heterocycles. The molecule has 3 rings (SSSR count). The van der Waals surface area contributed by atoms with E-state index in [-0.39, 0.29) is 23.4 Å². The number of hydrogen-bond donors (Lipinski definition) is 0. The lowest BCUT2D eigenvalue weighted by molar-refractivity contribution is -0.135. The van der Waals surface area contributed by atoms with Crippen LogP contribution in [0, 0.1) is 11.8 Å². The van der Waals surface area contributed by atoms with E-state index < -0.39 is 0 Å². The Kier molecular flexibility index (Phi) is 7.49. The van der Waals surface area contributed by atoms with Crippen molar-refractivity contribution >= 4 is 16.8 Å². The number of aryl methyl sites for hydroxylation is 1. The molecular weight excluding hydrogens is 398 g/mol. The van der Waals surface area contributed by atoms with Crippen molar-refractivity contribution in [3.8, 4) is 5.69 Å². The summed E-state index contributed by atoms with van der Waals surface area (Å²) in [4.78, 5) is 33.6. The van der Waals surface area contributed by atoms with E-state index in [2.05, 4.69) is 34.6 Å². The predicted octanol–water partition coefficient (Wildman–Crippen LogP) is 5.54. The van der Waals surface area contributed by atoms with E-state index in [1.54, 1.807) is 4.57 Å². The minimum Gasteiger partial charge on any atom is -0.333 e. The van der Waals surface area contributed by atoms with Crippen molar-refractivity contribution < 1.29 is 4.79 Å². The van der Waals surface area contributed by atoms with Gasteiger partial charge in [-0.2, -0.15) is 0 Å². The van der Waals surface area contributed by atoms with Crippen LogP contribution in [0.5, 0.6) is 0 Å². The number of aromatic nitrogens is 2. The van der Waals surface area contributed by atoms with Gasteiger partial charge in [-0.1, -0.05) is 58.9 Å². The van der Waals surface area contributed by atoms with Gasteiger partial charge in [-0.25, -0.2) is 4.98 Å². The van der Waals surface area contributed by atoms with E-state index in [1.165, 1.54) is 5.56 Å². The van der Waals surface area contributed by atoms with Gasteiger partial charge in [-0.3, -0.25) is 14.2 Å². The van der Waals surface area contributed by atoms with Gasteiger partial charge in [0.15, 0.2) is 0 Å². The van der Waals surface area contributed by atoms with Crippen LogP contribution >= 0.6 is 0 Å². The minimum absolute atomic E-state index is 0.0940. The second kappa shape index (κ2) is 10.1. The van der Waals surface area contributed by atoms with E-state index in [0.29, 0.717) is 35.6 Å². The van der Waals surface area contributed by atoms with Gasteiger partial charge in [0.25, 0.3) is 5.56 Å². The lowest BCUT2D eigenvalue weighted by atomic mass is 10.1. The average Bonchev–Trinajstić information content (AvgIpc) is 2.76. The monoisotopic (exact) mass is 433 g/mol. The largest absolute Gasteiger partial charge is 0.333 e. The molecule has 170 valence electrons. The number of carbonyl (C=O) groups excluding carboxylic acids is 1. The second-order valence-corrected chi connectivity index (χ2v) is 9.36. The van der Waals surface area contributed by atoms with E-state index in [1.807, 2.05) is 60.4 Å². The van der Waals surface area contributed by atoms with Gasteiger partial charge in [0, 0.05) is 13.0 Å². The number of para-hydroxylation sites is 1. The van der Waals surface area contributed by atoms with Gasteiger partial charge in [-0.15, -0.1) is 0 Å². The summed E-state index contributed by atoms with van der Waals surface area (Å²) in [6.07, 6.45) is 1.40. The first-order valence-corrected chi connectivity index (χ1v) is 11.6. The molecule has 0 aliphatic heterocycles. The molecular formula is C27H35N3O2. The Bertz CT molecular complexity index is 1130. The molecule has 5 nitrogen and oxygen atoms in total. The molecule has 0 aliphatic rings. The van der Waals surface area contributed by atoms with Crippen LogP contribution in [0.2, 0.25) is 0 Å². The summed E-state index contributed by atoms with van der Waals surface area (Å²) in [7, 11) is 0. The zero-order valence-electron chi connectivity index (χ0n) is 20.1. The highest BCUT2D eigenvalue weighted by atomic mass is 16.2. The number of amides is 1. The molecule has 32 heavy (non-hydrogen) atoms. The van der Waals surface area contributed by atoms with E-state index in [9.17, 15) is 9.59 Å². The minimum atomic E-state index is -0.341. The molecule has 0 aliphatic carbocycles. The summed E-state index contributed by atoms with van der Waals surface area (Å²) < 4.78 is 1.68. The number of rotatable bonds is 8. The van der Waals surface area contributed by atoms with Crippen molar-refractivity contribution in [3.05, 3.63) is 70.3 Å². The van der Waals surface area contributed by atoms with Gasteiger partial charge >= 0.3 is 0 Å². The SMILES string of the molecule is CCc1ccc(-n2c(C(C)N(CC(C)C)C(=O)CC(C)C)nc3ccccc3c2=O)cc1. The third-order valence-corrected chi connectivity index (χ3v) is 5.71. The summed E-state index contributed by atoms with van der Waals surface area (Å²) >= 11 is 0. The van der Waals surface area contributed by atoms with E-state index in [4.69, 9.17) is 4.98 Å². The van der Waals surface area contributed by atoms with Gasteiger partial charge in [-0.05, 0) is 55.0 Å². The lowest BCUT2D eigenvalue weighted by Gasteiger charge is -2.32. The maximum atomic E-state index is 13.6. The van der Waals surface area contributed by atoms with E-state index in [0.717, 1.165) is 12.1 Å². The van der Waals surface area contributed by atoms with Gasteiger partial charge < -0.3 is 4.90 Å². The van der Waals surface area contributed by atoms with Crippen LogP contribution < -0.4 is 5.56 Å². The third-order valence-electron chi connectivity index (χ3n) is 5.71. The molecule has 2 aromatic carbocycles. The Morgan fingerprint density at radius 2 is 1.62 bits per heavy atom. The summed E-state index contributed by atoms with van der Waals surface area (Å²) in [5.74, 6) is 1.25. The average molecular weight is 434 g/mol. The molecule has 0 N–H and O–H groups in total. The van der Waals surface area contributed by atoms with Crippen LogP contribution in [0.15, 0.2) is 53.3 Å². The Morgan fingerprint density at radius 3 is 2.22 bits per heavy atom. The third kappa shape index (κ3) is 5.09. The summed E-state index contributed by atoms with van der Waals surface area (Å²) in [5.41, 5.74) is 2.52. The fraction of sp³-hybridized carbons (Fsp3) is 0.444. The van der Waals surface area contributed by atoms with Crippen LogP contribution in [0.1, 0.15) is 65.4 Å². The lowest BCUT2D eigenvalue weighted by Crippen LogP contribution is -2.40. The van der Waals surface area contributed by atoms with Crippen molar-refractivity contribution in [1.82, 2.24) is 14.5 Å². The first-order valence-electron chi connectivity index (χ1n) is 11.6. The molecule has 1 amide bonds. The molecule has 1 atom stereocenters. The predicted molar refractivity (Wildman–Crippen MR) is 131 cm³/mol. The fourth-order valence-corrected chi connectivity index (χ4v) is 4.04. The molecule has 5 heteroatoms. The molecule has 0 saturated carbocycles. The number of hydrogen-bond acceptors (Lipinski definition) is 3. The topological polar surface area (TPSA) is 55.2 Å². The Hall–Kier alpha value is -2.95. The first-order chi connectivity index (χ1) is 15.2. The molecule has 3 aromatic rings. The highest BCUT2D eigenvalue weighted by molar-refractivity contribution is 5.79. The number of benzene rings is 2. The molecule has 1 aromatic heterocycles. The van der Waals surface area contributed by atoms with Crippen LogP contribution in [-0.2, 0) is 11.2 Å². The Morgan fingerprint density at radius 1 is 0.969 bits per heavy atom. The highest BCUT2D eigenvalue weighted by Gasteiger charge is 2.27. The fourth-order valence-electron chi connectivity index (χ4n) is 4.04. The molecule has 0 saturated heterocycles. The quantitative estimate of drug-likeness (QED) is 0.469. The van der Waals surface area contributed by atoms with Crippen molar-refractivity contribution in [2.24, 2.45) is 11.8 Å². The highest BCUT2D eigenvalue weighted by Crippen LogP contribution is 2.25. The number of fused-ring (bicyclic) bond motifs is 1. The Labute approximate surface area is 191 Å². The van der Waals surface area contributed by atoms with Gasteiger partial charge in [0.05, 0.1) is 22.6 Å². The smallest absolute Gasteiger partial charge is 0.266 e. The van der Waals surface area contributed by atoms with Gasteiger partial charge in [0.2, 0.25) is 5.91 Å². The number of carbonyl (C=O) groups is 1. The zero-order valence-corrected chi connectivity index (χ0v) is 20.1. The van der Waals surface area contributed by atoms with Crippen molar-refractivity contribution in [2.45, 2.75) is 60.4 Å². The first kappa shape index (κ1) is 23.7. The molecule has 0 bridgehead atoms. The van der Waals surface area contributed by atoms with Gasteiger partial charge in [0.1, 0.15) is 5.82 Å². The zero-order chi connectivity index (χ0) is 23.4. The van der Waals surface area contributed by atoms with Crippen molar-refractivity contribution in [3.63, 3.8) is 0 Å². The summed E-state index contributed by atoms with van der Waals surface area (Å²) in [5, 5.41) is 0.576. The molecule has 1 unspecified atom stereocenters. The second-order valence-electron chi connectivity index (χ2n) is 9.36. The van der Waals surface area contributed by atoms with E-state index >= 15 is 0 Å². The van der Waals surface area contributed by atoms with Crippen LogP contribution in [-0.4, -0.2) is 26.9 Å². The van der Waals surface area contributed by atoms with Crippen molar-refractivity contribution in [1.29, 1.82) is 0 Å². The van der Waals surface area contributed by atoms with Crippen LogP contribution in [0.25, 0.3) is 16.6 Å². The normalized spacial score (nSPS) is 12.5. The Balaban J connectivity index is 2.21. The summed E-state index contributed by atoms with van der Waals surface area (Å²) in [6.45, 7) is 13.0. The van der Waals surface area contributed by atoms with Crippen molar-refractivity contribution in [2.75, 3.05) is 6.54 Å². The van der Waals surface area contributed by atoms with Crippen LogP contribution in [0.4, 0.5) is 0 Å².